The summed E-state index contributed by atoms with van der Waals surface area (Å²) in [6.07, 6.45) is 12.7. The van der Waals surface area contributed by atoms with Gasteiger partial charge in [-0.25, -0.2) is 0 Å². The van der Waals surface area contributed by atoms with E-state index in [-0.39, 0.29) is 5.91 Å². The number of nitrogens with one attached hydrogen (secondary N) is 1. The molecule has 25 heavy (non-hydrogen) atoms. The maximum absolute atomic E-state index is 12.6. The van der Waals surface area contributed by atoms with E-state index in [9.17, 15) is 4.79 Å². The van der Waals surface area contributed by atoms with Gasteiger partial charge in [0.25, 0.3) is 0 Å². The van der Waals surface area contributed by atoms with Gasteiger partial charge >= 0.3 is 0 Å². The number of nitrogens with zero attached hydrogens (tertiary/aromatic N) is 1. The Kier molecular flexibility index (Phi) is 5.09. The third-order valence-electron chi connectivity index (χ3n) is 5.09. The first-order valence-electron chi connectivity index (χ1n) is 9.16. The molecule has 0 aromatic heterocycles. The number of halogens is 1. The average molecular weight is 375 g/mol. The zero-order valence-electron chi connectivity index (χ0n) is 14.3. The smallest absolute Gasteiger partial charge is 0.240 e. The second kappa shape index (κ2) is 7.46. The van der Waals surface area contributed by atoms with Gasteiger partial charge in [-0.1, -0.05) is 43.0 Å². The van der Waals surface area contributed by atoms with Crippen molar-refractivity contribution < 1.29 is 4.79 Å². The normalized spacial score (nSPS) is 20.3. The van der Waals surface area contributed by atoms with E-state index in [0.29, 0.717) is 12.6 Å². The van der Waals surface area contributed by atoms with Crippen LogP contribution in [0.15, 0.2) is 35.3 Å². The number of amides is 1. The molecular formula is C20H23ClN2OS. The summed E-state index contributed by atoms with van der Waals surface area (Å²) in [4.78, 5) is 13.8. The molecule has 0 unspecified atom stereocenters. The molecule has 0 bridgehead atoms. The fourth-order valence-electron chi connectivity index (χ4n) is 3.86. The topological polar surface area (TPSA) is 32.3 Å². The lowest BCUT2D eigenvalue weighted by Crippen LogP contribution is -2.41. The summed E-state index contributed by atoms with van der Waals surface area (Å²) in [5.74, 6) is 0.115. The maximum atomic E-state index is 12.6. The Labute approximate surface area is 158 Å². The molecule has 1 heterocycles. The Morgan fingerprint density at radius 2 is 2.00 bits per heavy atom. The summed E-state index contributed by atoms with van der Waals surface area (Å²) in [7, 11) is 0. The zero-order chi connectivity index (χ0) is 17.2. The van der Waals surface area contributed by atoms with E-state index in [1.54, 1.807) is 11.9 Å². The second-order valence-electron chi connectivity index (χ2n) is 6.96. The van der Waals surface area contributed by atoms with Gasteiger partial charge in [-0.15, -0.1) is 0 Å². The number of rotatable bonds is 3. The van der Waals surface area contributed by atoms with Gasteiger partial charge in [0, 0.05) is 21.5 Å². The van der Waals surface area contributed by atoms with Crippen LogP contribution in [-0.4, -0.2) is 18.5 Å². The lowest BCUT2D eigenvalue weighted by Gasteiger charge is -2.34. The Bertz CT molecular complexity index is 737. The summed E-state index contributed by atoms with van der Waals surface area (Å²) in [6, 6.07) is 6.31. The van der Waals surface area contributed by atoms with Crippen LogP contribution < -0.4 is 9.62 Å². The van der Waals surface area contributed by atoms with Crippen molar-refractivity contribution in [2.75, 3.05) is 10.8 Å². The van der Waals surface area contributed by atoms with Crippen LogP contribution in [0.4, 0.5) is 5.69 Å². The van der Waals surface area contributed by atoms with Crippen molar-refractivity contribution in [3.63, 3.8) is 0 Å². The first kappa shape index (κ1) is 17.0. The Morgan fingerprint density at radius 3 is 2.84 bits per heavy atom. The first-order chi connectivity index (χ1) is 12.2. The Morgan fingerprint density at radius 1 is 1.20 bits per heavy atom. The Balaban J connectivity index is 1.54. The number of fused-ring (bicyclic) bond motifs is 3. The molecule has 1 aromatic carbocycles. The monoisotopic (exact) mass is 374 g/mol. The van der Waals surface area contributed by atoms with Crippen molar-refractivity contribution in [3.05, 3.63) is 45.8 Å². The number of allylic oxidation sites excluding steroid dienone is 3. The molecule has 1 fully saturated rings. The van der Waals surface area contributed by atoms with Crippen LogP contribution >= 0.6 is 23.5 Å². The molecule has 3 aliphatic rings. The summed E-state index contributed by atoms with van der Waals surface area (Å²) in [5, 5.41) is 3.97. The number of hydrogen-bond donors (Lipinski definition) is 1. The van der Waals surface area contributed by atoms with Crippen LogP contribution in [-0.2, 0) is 4.79 Å². The van der Waals surface area contributed by atoms with E-state index in [4.69, 9.17) is 11.6 Å². The molecule has 5 heteroatoms. The number of hydrogen-bond acceptors (Lipinski definition) is 3. The largest absolute Gasteiger partial charge is 0.352 e. The van der Waals surface area contributed by atoms with Gasteiger partial charge < -0.3 is 9.62 Å². The van der Waals surface area contributed by atoms with E-state index >= 15 is 0 Å². The van der Waals surface area contributed by atoms with Gasteiger partial charge in [-0.2, -0.15) is 0 Å². The summed E-state index contributed by atoms with van der Waals surface area (Å²) < 4.78 is 2.11. The molecular weight excluding hydrogens is 352 g/mol. The third-order valence-corrected chi connectivity index (χ3v) is 6.46. The van der Waals surface area contributed by atoms with Gasteiger partial charge in [0.15, 0.2) is 0 Å². The molecule has 1 saturated carbocycles. The van der Waals surface area contributed by atoms with Crippen LogP contribution in [0.3, 0.4) is 0 Å². The highest BCUT2D eigenvalue weighted by molar-refractivity contribution is 8.05. The molecule has 0 radical (unpaired) electrons. The number of carbonyl (C=O) groups excluding carboxylic acids is 1. The van der Waals surface area contributed by atoms with Crippen LogP contribution in [0.1, 0.15) is 50.5 Å². The molecule has 2 aliphatic carbocycles. The minimum absolute atomic E-state index is 0.115. The SMILES string of the molecule is O=C(CN1SC2=CCCC=C2c2cc(Cl)ccc21)NC1CCCCC1. The van der Waals surface area contributed by atoms with Crippen molar-refractivity contribution in [3.8, 4) is 0 Å². The number of benzene rings is 1. The van der Waals surface area contributed by atoms with Gasteiger partial charge in [0.05, 0.1) is 5.69 Å². The van der Waals surface area contributed by atoms with E-state index in [1.807, 2.05) is 18.2 Å². The molecule has 3 nitrogen and oxygen atoms in total. The summed E-state index contributed by atoms with van der Waals surface area (Å²) >= 11 is 7.92. The molecule has 0 atom stereocenters. The van der Waals surface area contributed by atoms with Crippen molar-refractivity contribution in [1.82, 2.24) is 5.32 Å². The van der Waals surface area contributed by atoms with Gasteiger partial charge in [0.2, 0.25) is 5.91 Å². The highest BCUT2D eigenvalue weighted by atomic mass is 35.5. The molecule has 0 spiro atoms. The number of carbonyl (C=O) groups is 1. The average Bonchev–Trinajstić information content (AvgIpc) is 2.62. The molecule has 0 saturated heterocycles. The van der Waals surface area contributed by atoms with Gasteiger partial charge in [0.1, 0.15) is 6.54 Å². The van der Waals surface area contributed by atoms with E-state index in [1.165, 1.54) is 29.7 Å². The molecule has 1 aliphatic heterocycles. The van der Waals surface area contributed by atoms with Crippen LogP contribution in [0, 0.1) is 0 Å². The molecule has 1 N–H and O–H groups in total. The highest BCUT2D eigenvalue weighted by Crippen LogP contribution is 2.48. The second-order valence-corrected chi connectivity index (χ2v) is 8.45. The van der Waals surface area contributed by atoms with E-state index in [0.717, 1.165) is 42.0 Å². The maximum Gasteiger partial charge on any atom is 0.240 e. The standard InChI is InChI=1S/C20H23ClN2OS/c21-14-10-11-18-17(12-14)16-8-4-5-9-19(16)25-23(18)13-20(24)22-15-6-2-1-3-7-15/h8-12,15H,1-7,13H2,(H,22,24). The summed E-state index contributed by atoms with van der Waals surface area (Å²) in [6.45, 7) is 0.375. The van der Waals surface area contributed by atoms with Crippen LogP contribution in [0.25, 0.3) is 5.57 Å². The van der Waals surface area contributed by atoms with E-state index in [2.05, 4.69) is 21.8 Å². The predicted octanol–water partition coefficient (Wildman–Crippen LogP) is 5.32. The fourth-order valence-corrected chi connectivity index (χ4v) is 5.19. The summed E-state index contributed by atoms with van der Waals surface area (Å²) in [5.41, 5.74) is 3.49. The van der Waals surface area contributed by atoms with E-state index < -0.39 is 0 Å². The molecule has 4 rings (SSSR count). The quantitative estimate of drug-likeness (QED) is 0.727. The molecule has 132 valence electrons. The first-order valence-corrected chi connectivity index (χ1v) is 10.3. The van der Waals surface area contributed by atoms with Crippen molar-refractivity contribution in [2.45, 2.75) is 51.0 Å². The fraction of sp³-hybridized carbons (Fsp3) is 0.450. The van der Waals surface area contributed by atoms with Crippen molar-refractivity contribution in [2.24, 2.45) is 0 Å². The minimum atomic E-state index is 0.115. The van der Waals surface area contributed by atoms with Gasteiger partial charge in [-0.05, 0) is 61.4 Å². The number of anilines is 1. The zero-order valence-corrected chi connectivity index (χ0v) is 15.8. The third kappa shape index (κ3) is 3.75. The highest BCUT2D eigenvalue weighted by Gasteiger charge is 2.28. The van der Waals surface area contributed by atoms with Crippen LogP contribution in [0.5, 0.6) is 0 Å². The molecule has 1 aromatic rings. The predicted molar refractivity (Wildman–Crippen MR) is 107 cm³/mol. The lowest BCUT2D eigenvalue weighted by atomic mass is 9.95. The Hall–Kier alpha value is -1.39. The lowest BCUT2D eigenvalue weighted by molar-refractivity contribution is -0.120. The van der Waals surface area contributed by atoms with Gasteiger partial charge in [-0.3, -0.25) is 4.79 Å². The van der Waals surface area contributed by atoms with Crippen LogP contribution in [0.2, 0.25) is 5.02 Å². The molecule has 1 amide bonds. The van der Waals surface area contributed by atoms with Crippen molar-refractivity contribution in [1.29, 1.82) is 0 Å². The van der Waals surface area contributed by atoms with Crippen molar-refractivity contribution >= 4 is 40.7 Å². The minimum Gasteiger partial charge on any atom is -0.352 e.